The molecule has 2 N–H and O–H groups in total. The van der Waals surface area contributed by atoms with Crippen molar-refractivity contribution in [3.63, 3.8) is 0 Å². The molecule has 0 spiro atoms. The number of para-hydroxylation sites is 1. The highest BCUT2D eigenvalue weighted by Gasteiger charge is 2.37. The van der Waals surface area contributed by atoms with Crippen molar-refractivity contribution in [3.8, 4) is 5.75 Å². The number of methoxy groups -OCH3 is 1. The largest absolute Gasteiger partial charge is 0.497 e. The minimum atomic E-state index is -1.55. The molecular formula is C16H15NO4S. The Morgan fingerprint density at radius 3 is 2.50 bits per heavy atom. The van der Waals surface area contributed by atoms with Crippen molar-refractivity contribution in [2.24, 2.45) is 0 Å². The summed E-state index contributed by atoms with van der Waals surface area (Å²) < 4.78 is 18.0. The second kappa shape index (κ2) is 5.90. The number of benzene rings is 2. The van der Waals surface area contributed by atoms with Crippen LogP contribution in [0.1, 0.15) is 10.8 Å². The van der Waals surface area contributed by atoms with E-state index in [0.717, 1.165) is 0 Å². The number of hydrogen-bond donors (Lipinski definition) is 2. The molecule has 22 heavy (non-hydrogen) atoms. The maximum absolute atomic E-state index is 12.9. The number of anilines is 1. The Balaban J connectivity index is 2.08. The average Bonchev–Trinajstić information content (AvgIpc) is 2.64. The normalized spacial score (nSPS) is 24.1. The van der Waals surface area contributed by atoms with Crippen LogP contribution in [-0.4, -0.2) is 28.4 Å². The molecule has 1 aliphatic rings. The summed E-state index contributed by atoms with van der Waals surface area (Å²) in [6.07, 6.45) is -1.39. The molecule has 6 heteroatoms. The lowest BCUT2D eigenvalue weighted by molar-refractivity contribution is -0.124. The van der Waals surface area contributed by atoms with Crippen molar-refractivity contribution in [1.29, 1.82) is 0 Å². The number of carbonyl (C=O) groups is 1. The van der Waals surface area contributed by atoms with Gasteiger partial charge in [0.15, 0.2) is 6.10 Å². The average molecular weight is 317 g/mol. The van der Waals surface area contributed by atoms with Gasteiger partial charge in [0.1, 0.15) is 5.75 Å². The molecule has 0 aliphatic carbocycles. The van der Waals surface area contributed by atoms with E-state index in [9.17, 15) is 14.1 Å². The molecule has 3 atom stereocenters. The highest BCUT2D eigenvalue weighted by molar-refractivity contribution is 7.85. The number of aliphatic hydroxyl groups excluding tert-OH is 1. The number of amides is 1. The van der Waals surface area contributed by atoms with Crippen molar-refractivity contribution >= 4 is 22.4 Å². The van der Waals surface area contributed by atoms with Gasteiger partial charge in [0.05, 0.1) is 33.7 Å². The molecule has 3 rings (SSSR count). The molecule has 0 saturated heterocycles. The predicted molar refractivity (Wildman–Crippen MR) is 83.2 cm³/mol. The van der Waals surface area contributed by atoms with Crippen LogP contribution >= 0.6 is 0 Å². The van der Waals surface area contributed by atoms with E-state index in [1.807, 2.05) is 0 Å². The van der Waals surface area contributed by atoms with Crippen molar-refractivity contribution in [3.05, 3.63) is 54.1 Å². The molecule has 0 bridgehead atoms. The Bertz CT molecular complexity index is 729. The monoisotopic (exact) mass is 317 g/mol. The number of carbonyl (C=O) groups excluding carboxylic acids is 1. The van der Waals surface area contributed by atoms with E-state index in [4.69, 9.17) is 4.74 Å². The third-order valence-corrected chi connectivity index (χ3v) is 5.37. The summed E-state index contributed by atoms with van der Waals surface area (Å²) in [7, 11) is -0.00184. The first-order valence-corrected chi connectivity index (χ1v) is 7.95. The van der Waals surface area contributed by atoms with Crippen molar-refractivity contribution in [2.75, 3.05) is 12.4 Å². The fourth-order valence-electron chi connectivity index (χ4n) is 2.44. The van der Waals surface area contributed by atoms with Gasteiger partial charge >= 0.3 is 0 Å². The van der Waals surface area contributed by atoms with E-state index in [1.165, 1.54) is 0 Å². The smallest absolute Gasteiger partial charge is 0.254 e. The van der Waals surface area contributed by atoms with E-state index in [-0.39, 0.29) is 0 Å². The molecule has 0 aromatic heterocycles. The van der Waals surface area contributed by atoms with Crippen LogP contribution in [0, 0.1) is 0 Å². The van der Waals surface area contributed by atoms with Crippen LogP contribution < -0.4 is 10.1 Å². The van der Waals surface area contributed by atoms with Crippen LogP contribution in [0.25, 0.3) is 0 Å². The molecule has 114 valence electrons. The van der Waals surface area contributed by atoms with Crippen LogP contribution in [0.3, 0.4) is 0 Å². The van der Waals surface area contributed by atoms with Gasteiger partial charge in [0, 0.05) is 0 Å². The molecule has 0 radical (unpaired) electrons. The maximum Gasteiger partial charge on any atom is 0.254 e. The van der Waals surface area contributed by atoms with E-state index < -0.39 is 28.1 Å². The zero-order chi connectivity index (χ0) is 15.7. The van der Waals surface area contributed by atoms with Gasteiger partial charge < -0.3 is 15.2 Å². The van der Waals surface area contributed by atoms with Gasteiger partial charge in [-0.2, -0.15) is 0 Å². The van der Waals surface area contributed by atoms with Crippen molar-refractivity contribution in [2.45, 2.75) is 16.2 Å². The Morgan fingerprint density at radius 2 is 1.82 bits per heavy atom. The minimum absolute atomic E-state index is 0.473. The summed E-state index contributed by atoms with van der Waals surface area (Å²) in [5.41, 5.74) is 1.10. The molecule has 1 heterocycles. The third kappa shape index (κ3) is 2.51. The molecule has 2 aromatic carbocycles. The zero-order valence-corrected chi connectivity index (χ0v) is 12.7. The molecule has 1 aliphatic heterocycles. The van der Waals surface area contributed by atoms with Gasteiger partial charge in [-0.3, -0.25) is 9.00 Å². The fraction of sp³-hybridized carbons (Fsp3) is 0.188. The first-order chi connectivity index (χ1) is 10.6. The molecular weight excluding hydrogens is 302 g/mol. The number of rotatable bonds is 2. The van der Waals surface area contributed by atoms with Gasteiger partial charge in [0.25, 0.3) is 5.91 Å². The summed E-state index contributed by atoms with van der Waals surface area (Å²) in [4.78, 5) is 12.6. The number of fused-ring (bicyclic) bond motifs is 1. The van der Waals surface area contributed by atoms with Crippen LogP contribution in [-0.2, 0) is 15.6 Å². The van der Waals surface area contributed by atoms with Crippen molar-refractivity contribution < 1.29 is 18.8 Å². The van der Waals surface area contributed by atoms with Crippen LogP contribution in [0.4, 0.5) is 5.69 Å². The van der Waals surface area contributed by atoms with Gasteiger partial charge in [-0.25, -0.2) is 0 Å². The van der Waals surface area contributed by atoms with Crippen LogP contribution in [0.15, 0.2) is 53.4 Å². The van der Waals surface area contributed by atoms with Crippen LogP contribution in [0.2, 0.25) is 0 Å². The molecule has 2 aromatic rings. The highest BCUT2D eigenvalue weighted by atomic mass is 32.2. The summed E-state index contributed by atoms with van der Waals surface area (Å²) in [5, 5.41) is 12.1. The molecule has 1 amide bonds. The van der Waals surface area contributed by atoms with Gasteiger partial charge in [-0.05, 0) is 29.8 Å². The zero-order valence-electron chi connectivity index (χ0n) is 11.9. The lowest BCUT2D eigenvalue weighted by atomic mass is 10.1. The Kier molecular flexibility index (Phi) is 3.96. The fourth-order valence-corrected chi connectivity index (χ4v) is 4.03. The minimum Gasteiger partial charge on any atom is -0.497 e. The number of hydrogen-bond acceptors (Lipinski definition) is 4. The quantitative estimate of drug-likeness (QED) is 0.886. The first kappa shape index (κ1) is 14.7. The van der Waals surface area contributed by atoms with E-state index in [2.05, 4.69) is 5.32 Å². The number of aliphatic hydroxyl groups is 1. The first-order valence-electron chi connectivity index (χ1n) is 6.74. The van der Waals surface area contributed by atoms with Gasteiger partial charge in [0.2, 0.25) is 0 Å². The predicted octanol–water partition coefficient (Wildman–Crippen LogP) is 1.86. The van der Waals surface area contributed by atoms with Gasteiger partial charge in [-0.15, -0.1) is 0 Å². The summed E-state index contributed by atoms with van der Waals surface area (Å²) in [6.45, 7) is 0. The molecule has 1 unspecified atom stereocenters. The van der Waals surface area contributed by atoms with Crippen LogP contribution in [0.5, 0.6) is 5.75 Å². The van der Waals surface area contributed by atoms with E-state index >= 15 is 0 Å². The molecule has 5 nitrogen and oxygen atoms in total. The summed E-state index contributed by atoms with van der Waals surface area (Å²) in [6, 6.07) is 13.7. The van der Waals surface area contributed by atoms with Gasteiger partial charge in [-0.1, -0.05) is 24.3 Å². The number of ether oxygens (including phenoxy) is 1. The number of nitrogens with one attached hydrogen (secondary N) is 1. The second-order valence-corrected chi connectivity index (χ2v) is 6.46. The maximum atomic E-state index is 12.9. The SMILES string of the molecule is COc1ccc([C@H]2[C@@H](O)C(=O)Nc3ccccc3S2=O)cc1. The molecule has 0 fully saturated rings. The highest BCUT2D eigenvalue weighted by Crippen LogP contribution is 2.35. The third-order valence-electron chi connectivity index (χ3n) is 3.59. The molecule has 0 saturated carbocycles. The van der Waals surface area contributed by atoms with E-state index in [1.54, 1.807) is 55.6 Å². The van der Waals surface area contributed by atoms with Crippen molar-refractivity contribution in [1.82, 2.24) is 0 Å². The second-order valence-electron chi connectivity index (χ2n) is 4.92. The Labute approximate surface area is 130 Å². The van der Waals surface area contributed by atoms with E-state index in [0.29, 0.717) is 21.9 Å². The Hall–Kier alpha value is -2.18. The lowest BCUT2D eigenvalue weighted by Gasteiger charge is -2.19. The topological polar surface area (TPSA) is 75.6 Å². The Morgan fingerprint density at radius 1 is 1.14 bits per heavy atom. The summed E-state index contributed by atoms with van der Waals surface area (Å²) in [5.74, 6) is 0.0987. The lowest BCUT2D eigenvalue weighted by Crippen LogP contribution is -2.32. The standard InChI is InChI=1S/C16H15NO4S/c1-21-11-8-6-10(7-9-11)15-14(18)16(19)17-12-4-2-3-5-13(12)22(15)20/h2-9,14-15,18H,1H3,(H,17,19)/t14-,15+,22?/m1/s1. The summed E-state index contributed by atoms with van der Waals surface area (Å²) >= 11 is 0.